The zero-order chi connectivity index (χ0) is 22.5. The first-order chi connectivity index (χ1) is 15.5. The Bertz CT molecular complexity index is 911. The minimum absolute atomic E-state index is 0.0745. The Balaban J connectivity index is 1.45. The second-order valence-electron chi connectivity index (χ2n) is 9.76. The standard InChI is InChI=1S/C27H38N4O/c1-21-18-26(30(3)28-21)27(32)29(2)25(19-22-10-6-4-7-11-22)24-14-16-31(17-15-24)20-23-12-8-5-9-13-23/h4-8,10-11,18,23-25H,9,12-17,19-20H2,1-3H3/t23-,25-/m1/s1. The van der Waals surface area contributed by atoms with Gasteiger partial charge in [-0.05, 0) is 82.0 Å². The molecule has 1 saturated heterocycles. The number of aromatic nitrogens is 2. The van der Waals surface area contributed by atoms with Crippen LogP contribution in [-0.4, -0.2) is 58.2 Å². The fraction of sp³-hybridized carbons (Fsp3) is 0.556. The summed E-state index contributed by atoms with van der Waals surface area (Å²) in [5, 5.41) is 4.39. The number of hydrogen-bond acceptors (Lipinski definition) is 3. The zero-order valence-corrected chi connectivity index (χ0v) is 19.9. The molecule has 5 heteroatoms. The van der Waals surface area contributed by atoms with Gasteiger partial charge in [-0.1, -0.05) is 42.5 Å². The molecule has 1 fully saturated rings. The summed E-state index contributed by atoms with van der Waals surface area (Å²) in [7, 11) is 3.85. The molecule has 0 spiro atoms. The molecule has 1 aromatic carbocycles. The van der Waals surface area contributed by atoms with Gasteiger partial charge in [0.25, 0.3) is 5.91 Å². The second kappa shape index (κ2) is 10.5. The summed E-state index contributed by atoms with van der Waals surface area (Å²) in [5.74, 6) is 1.40. The minimum atomic E-state index is 0.0745. The fourth-order valence-corrected chi connectivity index (χ4v) is 5.53. The van der Waals surface area contributed by atoms with Crippen LogP contribution in [0.2, 0.25) is 0 Å². The van der Waals surface area contributed by atoms with Gasteiger partial charge in [0.05, 0.1) is 5.69 Å². The molecular formula is C27H38N4O. The van der Waals surface area contributed by atoms with Crippen molar-refractivity contribution in [3.63, 3.8) is 0 Å². The summed E-state index contributed by atoms with van der Waals surface area (Å²) >= 11 is 0. The third kappa shape index (κ3) is 5.50. The van der Waals surface area contributed by atoms with Crippen molar-refractivity contribution < 1.29 is 4.79 Å². The molecule has 4 rings (SSSR count). The smallest absolute Gasteiger partial charge is 0.272 e. The molecule has 0 unspecified atom stereocenters. The van der Waals surface area contributed by atoms with E-state index in [2.05, 4.69) is 52.5 Å². The highest BCUT2D eigenvalue weighted by Crippen LogP contribution is 2.29. The fourth-order valence-electron chi connectivity index (χ4n) is 5.53. The number of rotatable bonds is 7. The number of amides is 1. The van der Waals surface area contributed by atoms with Crippen LogP contribution < -0.4 is 0 Å². The molecule has 0 bridgehead atoms. The van der Waals surface area contributed by atoms with Gasteiger partial charge in [-0.2, -0.15) is 5.10 Å². The maximum Gasteiger partial charge on any atom is 0.272 e. The van der Waals surface area contributed by atoms with Gasteiger partial charge in [0.1, 0.15) is 5.69 Å². The number of allylic oxidation sites excluding steroid dienone is 2. The maximum absolute atomic E-state index is 13.4. The number of likely N-dealkylation sites (tertiary alicyclic amines) is 1. The van der Waals surface area contributed by atoms with Crippen molar-refractivity contribution in [2.24, 2.45) is 18.9 Å². The van der Waals surface area contributed by atoms with Gasteiger partial charge in [-0.15, -0.1) is 0 Å². The Labute approximate surface area is 193 Å². The lowest BCUT2D eigenvalue weighted by atomic mass is 9.84. The number of carbonyl (C=O) groups is 1. The maximum atomic E-state index is 13.4. The third-order valence-corrected chi connectivity index (χ3v) is 7.40. The molecule has 32 heavy (non-hydrogen) atoms. The highest BCUT2D eigenvalue weighted by atomic mass is 16.2. The first kappa shape index (κ1) is 22.8. The monoisotopic (exact) mass is 434 g/mol. The van der Waals surface area contributed by atoms with Gasteiger partial charge < -0.3 is 9.80 Å². The lowest BCUT2D eigenvalue weighted by Crippen LogP contribution is -2.48. The molecular weight excluding hydrogens is 396 g/mol. The Hall–Kier alpha value is -2.40. The largest absolute Gasteiger partial charge is 0.337 e. The Morgan fingerprint density at radius 3 is 2.53 bits per heavy atom. The first-order valence-corrected chi connectivity index (χ1v) is 12.2. The predicted octanol–water partition coefficient (Wildman–Crippen LogP) is 4.48. The van der Waals surface area contributed by atoms with Crippen molar-refractivity contribution in [3.8, 4) is 0 Å². The van der Waals surface area contributed by atoms with Gasteiger partial charge in [0, 0.05) is 26.7 Å². The van der Waals surface area contributed by atoms with E-state index < -0.39 is 0 Å². The van der Waals surface area contributed by atoms with E-state index in [1.165, 1.54) is 31.4 Å². The Kier molecular flexibility index (Phi) is 7.46. The summed E-state index contributed by atoms with van der Waals surface area (Å²) < 4.78 is 1.72. The van der Waals surface area contributed by atoms with Crippen LogP contribution in [0.15, 0.2) is 48.6 Å². The van der Waals surface area contributed by atoms with E-state index in [0.29, 0.717) is 11.6 Å². The van der Waals surface area contributed by atoms with Crippen LogP contribution in [0, 0.1) is 18.8 Å². The lowest BCUT2D eigenvalue weighted by molar-refractivity contribution is 0.0566. The summed E-state index contributed by atoms with van der Waals surface area (Å²) in [6.45, 7) is 5.45. The highest BCUT2D eigenvalue weighted by Gasteiger charge is 2.33. The van der Waals surface area contributed by atoms with Crippen molar-refractivity contribution in [3.05, 3.63) is 65.5 Å². The van der Waals surface area contributed by atoms with E-state index in [4.69, 9.17) is 0 Å². The molecule has 1 aliphatic carbocycles. The number of carbonyl (C=O) groups excluding carboxylic acids is 1. The van der Waals surface area contributed by atoms with E-state index in [1.54, 1.807) is 4.68 Å². The number of aryl methyl sites for hydroxylation is 2. The Morgan fingerprint density at radius 1 is 1.16 bits per heavy atom. The number of likely N-dealkylation sites (N-methyl/N-ethyl adjacent to an activating group) is 1. The predicted molar refractivity (Wildman–Crippen MR) is 130 cm³/mol. The number of hydrogen-bond donors (Lipinski definition) is 0. The number of piperidine rings is 1. The van der Waals surface area contributed by atoms with Crippen LogP contribution in [0.5, 0.6) is 0 Å². The summed E-state index contributed by atoms with van der Waals surface area (Å²) in [5.41, 5.74) is 2.86. The second-order valence-corrected chi connectivity index (χ2v) is 9.76. The lowest BCUT2D eigenvalue weighted by Gasteiger charge is -2.41. The van der Waals surface area contributed by atoms with Gasteiger partial charge in [0.2, 0.25) is 0 Å². The molecule has 2 aliphatic rings. The number of benzene rings is 1. The number of nitrogens with zero attached hydrogens (tertiary/aromatic N) is 4. The molecule has 1 amide bonds. The summed E-state index contributed by atoms with van der Waals surface area (Å²) in [6, 6.07) is 12.7. The van der Waals surface area contributed by atoms with Crippen LogP contribution in [-0.2, 0) is 13.5 Å². The van der Waals surface area contributed by atoms with Gasteiger partial charge in [0.15, 0.2) is 0 Å². The van der Waals surface area contributed by atoms with E-state index in [0.717, 1.165) is 44.0 Å². The van der Waals surface area contributed by atoms with Crippen molar-refractivity contribution >= 4 is 5.91 Å². The van der Waals surface area contributed by atoms with Gasteiger partial charge >= 0.3 is 0 Å². The van der Waals surface area contributed by atoms with E-state index in [9.17, 15) is 4.79 Å². The molecule has 0 N–H and O–H groups in total. The van der Waals surface area contributed by atoms with Gasteiger partial charge in [-0.3, -0.25) is 9.48 Å². The zero-order valence-electron chi connectivity index (χ0n) is 19.9. The quantitative estimate of drug-likeness (QED) is 0.604. The van der Waals surface area contributed by atoms with Crippen molar-refractivity contribution in [2.45, 2.75) is 51.5 Å². The SMILES string of the molecule is Cc1cc(C(=O)N(C)[C@H](Cc2ccccc2)C2CCN(C[C@@H]3CC=CCC3)CC2)n(C)n1. The first-order valence-electron chi connectivity index (χ1n) is 12.2. The van der Waals surface area contributed by atoms with Crippen molar-refractivity contribution in [1.29, 1.82) is 0 Å². The average molecular weight is 435 g/mol. The molecule has 2 atom stereocenters. The molecule has 172 valence electrons. The highest BCUT2D eigenvalue weighted by molar-refractivity contribution is 5.92. The minimum Gasteiger partial charge on any atom is -0.337 e. The third-order valence-electron chi connectivity index (χ3n) is 7.40. The normalized spacial score (nSPS) is 20.9. The van der Waals surface area contributed by atoms with Crippen LogP contribution in [0.1, 0.15) is 53.8 Å². The summed E-state index contributed by atoms with van der Waals surface area (Å²) in [4.78, 5) is 18.1. The van der Waals surface area contributed by atoms with Crippen LogP contribution in [0.3, 0.4) is 0 Å². The molecule has 1 aromatic heterocycles. The van der Waals surface area contributed by atoms with Crippen molar-refractivity contribution in [1.82, 2.24) is 19.6 Å². The van der Waals surface area contributed by atoms with Crippen molar-refractivity contribution in [2.75, 3.05) is 26.7 Å². The van der Waals surface area contributed by atoms with Crippen LogP contribution >= 0.6 is 0 Å². The van der Waals surface area contributed by atoms with Crippen LogP contribution in [0.25, 0.3) is 0 Å². The van der Waals surface area contributed by atoms with Gasteiger partial charge in [-0.25, -0.2) is 0 Å². The molecule has 1 aliphatic heterocycles. The van der Waals surface area contributed by atoms with Crippen LogP contribution in [0.4, 0.5) is 0 Å². The van der Waals surface area contributed by atoms with E-state index >= 15 is 0 Å². The average Bonchev–Trinajstić information content (AvgIpc) is 3.16. The topological polar surface area (TPSA) is 41.4 Å². The molecule has 5 nitrogen and oxygen atoms in total. The molecule has 2 heterocycles. The molecule has 0 radical (unpaired) electrons. The molecule has 0 saturated carbocycles. The van der Waals surface area contributed by atoms with E-state index in [-0.39, 0.29) is 11.9 Å². The van der Waals surface area contributed by atoms with E-state index in [1.807, 2.05) is 32.0 Å². The molecule has 2 aromatic rings. The Morgan fingerprint density at radius 2 is 1.91 bits per heavy atom. The summed E-state index contributed by atoms with van der Waals surface area (Å²) in [6.07, 6.45) is 11.7.